The Morgan fingerprint density at radius 2 is 1.69 bits per heavy atom. The molecule has 0 bridgehead atoms. The molecule has 132 valence electrons. The number of amides is 2. The van der Waals surface area contributed by atoms with Crippen molar-refractivity contribution in [2.45, 2.75) is 12.1 Å². The van der Waals surface area contributed by atoms with Crippen LogP contribution in [0.3, 0.4) is 0 Å². The van der Waals surface area contributed by atoms with Gasteiger partial charge in [-0.3, -0.25) is 9.59 Å². The molecule has 0 spiro atoms. The number of hydrogen-bond acceptors (Lipinski definition) is 4. The number of aromatic amines is 1. The zero-order valence-electron chi connectivity index (χ0n) is 14.1. The molecule has 0 aliphatic heterocycles. The molecule has 26 heavy (non-hydrogen) atoms. The first-order chi connectivity index (χ1) is 12.6. The standard InChI is InChI=1S/C18H17N5O2S/c1-13(24)21-14-7-9-15(10-8-14)22-17(25)11-26-18-19-12-20-23(18)16-5-3-2-4-6-16/h2-10,12H,11H2,1H3,(H2,21,22,24,25)/p+1. The van der Waals surface area contributed by atoms with Gasteiger partial charge in [-0.05, 0) is 53.1 Å². The monoisotopic (exact) mass is 368 g/mol. The molecule has 0 saturated heterocycles. The van der Waals surface area contributed by atoms with Crippen molar-refractivity contribution >= 4 is 35.0 Å². The van der Waals surface area contributed by atoms with Gasteiger partial charge in [-0.2, -0.15) is 5.10 Å². The molecule has 0 saturated carbocycles. The smallest absolute Gasteiger partial charge is 0.326 e. The first-order valence-electron chi connectivity index (χ1n) is 7.93. The summed E-state index contributed by atoms with van der Waals surface area (Å²) in [4.78, 5) is 27.4. The van der Waals surface area contributed by atoms with E-state index in [-0.39, 0.29) is 17.6 Å². The third kappa shape index (κ3) is 4.70. The van der Waals surface area contributed by atoms with Crippen molar-refractivity contribution in [3.63, 3.8) is 0 Å². The molecule has 3 aromatic rings. The van der Waals surface area contributed by atoms with Gasteiger partial charge in [0, 0.05) is 18.3 Å². The normalized spacial score (nSPS) is 10.3. The SMILES string of the molecule is CC(=O)Nc1ccc(NC(=O)CSc2nc[nH][n+]2-c2ccccc2)cc1. The van der Waals surface area contributed by atoms with E-state index in [1.54, 1.807) is 30.6 Å². The number of nitrogens with zero attached hydrogens (tertiary/aromatic N) is 2. The third-order valence-electron chi connectivity index (χ3n) is 3.39. The highest BCUT2D eigenvalue weighted by molar-refractivity contribution is 7.99. The minimum Gasteiger partial charge on any atom is -0.326 e. The van der Waals surface area contributed by atoms with Crippen molar-refractivity contribution in [3.05, 3.63) is 60.9 Å². The average Bonchev–Trinajstić information content (AvgIpc) is 3.11. The molecule has 3 rings (SSSR count). The number of carbonyl (C=O) groups is 2. The molecule has 1 aromatic heterocycles. The summed E-state index contributed by atoms with van der Waals surface area (Å²) in [6.07, 6.45) is 1.59. The number of anilines is 2. The maximum atomic E-state index is 12.2. The Hall–Kier alpha value is -3.13. The van der Waals surface area contributed by atoms with E-state index in [9.17, 15) is 9.59 Å². The summed E-state index contributed by atoms with van der Waals surface area (Å²) in [5.74, 6) is -0.0423. The molecule has 0 fully saturated rings. The van der Waals surface area contributed by atoms with Gasteiger partial charge in [-0.1, -0.05) is 18.2 Å². The molecule has 0 aliphatic carbocycles. The number of rotatable bonds is 6. The molecule has 7 nitrogen and oxygen atoms in total. The predicted molar refractivity (Wildman–Crippen MR) is 100 cm³/mol. The van der Waals surface area contributed by atoms with E-state index >= 15 is 0 Å². The maximum Gasteiger partial charge on any atom is 0.385 e. The van der Waals surface area contributed by atoms with Crippen molar-refractivity contribution < 1.29 is 14.3 Å². The van der Waals surface area contributed by atoms with Crippen LogP contribution in [-0.2, 0) is 9.59 Å². The molecule has 0 aliphatic rings. The fourth-order valence-electron chi connectivity index (χ4n) is 2.29. The van der Waals surface area contributed by atoms with Gasteiger partial charge in [0.2, 0.25) is 18.1 Å². The van der Waals surface area contributed by atoms with Crippen molar-refractivity contribution in [3.8, 4) is 5.69 Å². The van der Waals surface area contributed by atoms with Gasteiger partial charge in [0.15, 0.2) is 5.69 Å². The molecule has 2 amide bonds. The van der Waals surface area contributed by atoms with E-state index in [2.05, 4.69) is 20.7 Å². The van der Waals surface area contributed by atoms with Crippen LogP contribution in [0.1, 0.15) is 6.92 Å². The largest absolute Gasteiger partial charge is 0.385 e. The Morgan fingerprint density at radius 3 is 2.35 bits per heavy atom. The highest BCUT2D eigenvalue weighted by Crippen LogP contribution is 2.16. The van der Waals surface area contributed by atoms with E-state index < -0.39 is 0 Å². The summed E-state index contributed by atoms with van der Waals surface area (Å²) in [7, 11) is 0. The van der Waals surface area contributed by atoms with Crippen LogP contribution in [0, 0.1) is 0 Å². The summed E-state index contributed by atoms with van der Waals surface area (Å²) in [6.45, 7) is 1.45. The molecule has 8 heteroatoms. The summed E-state index contributed by atoms with van der Waals surface area (Å²) in [6, 6.07) is 16.7. The van der Waals surface area contributed by atoms with Crippen LogP contribution in [0.2, 0.25) is 0 Å². The Morgan fingerprint density at radius 1 is 1.04 bits per heavy atom. The molecule has 0 atom stereocenters. The number of thioether (sulfide) groups is 1. The zero-order valence-corrected chi connectivity index (χ0v) is 14.9. The Bertz CT molecular complexity index is 893. The molecule has 1 heterocycles. The Kier molecular flexibility index (Phi) is 5.65. The zero-order chi connectivity index (χ0) is 18.4. The van der Waals surface area contributed by atoms with Crippen molar-refractivity contribution in [2.24, 2.45) is 0 Å². The number of aromatic nitrogens is 3. The van der Waals surface area contributed by atoms with Crippen molar-refractivity contribution in [1.82, 2.24) is 10.1 Å². The van der Waals surface area contributed by atoms with E-state index in [4.69, 9.17) is 0 Å². The van der Waals surface area contributed by atoms with E-state index in [1.807, 2.05) is 35.0 Å². The van der Waals surface area contributed by atoms with Crippen LogP contribution in [0.5, 0.6) is 0 Å². The van der Waals surface area contributed by atoms with E-state index in [0.29, 0.717) is 16.5 Å². The summed E-state index contributed by atoms with van der Waals surface area (Å²) in [5.41, 5.74) is 2.30. The number of hydrogen-bond donors (Lipinski definition) is 3. The van der Waals surface area contributed by atoms with Gasteiger partial charge >= 0.3 is 5.16 Å². The second-order valence-electron chi connectivity index (χ2n) is 5.44. The maximum absolute atomic E-state index is 12.2. The first kappa shape index (κ1) is 17.7. The number of nitrogens with one attached hydrogen (secondary N) is 3. The lowest BCUT2D eigenvalue weighted by molar-refractivity contribution is -0.694. The van der Waals surface area contributed by atoms with E-state index in [0.717, 1.165) is 5.69 Å². The van der Waals surface area contributed by atoms with Gasteiger partial charge in [-0.15, -0.1) is 4.68 Å². The van der Waals surface area contributed by atoms with Crippen molar-refractivity contribution in [1.29, 1.82) is 0 Å². The molecular weight excluding hydrogens is 350 g/mol. The molecule has 0 unspecified atom stereocenters. The highest BCUT2D eigenvalue weighted by atomic mass is 32.2. The minimum absolute atomic E-state index is 0.134. The van der Waals surface area contributed by atoms with Crippen LogP contribution >= 0.6 is 11.8 Å². The average molecular weight is 368 g/mol. The second kappa shape index (κ2) is 8.30. The number of carbonyl (C=O) groups excluding carboxylic acids is 2. The fourth-order valence-corrected chi connectivity index (χ4v) is 3.03. The summed E-state index contributed by atoms with van der Waals surface area (Å²) >= 11 is 1.34. The highest BCUT2D eigenvalue weighted by Gasteiger charge is 2.18. The van der Waals surface area contributed by atoms with Gasteiger partial charge < -0.3 is 10.6 Å². The van der Waals surface area contributed by atoms with Gasteiger partial charge in [0.1, 0.15) is 0 Å². The molecular formula is C18H18N5O2S+. The van der Waals surface area contributed by atoms with Crippen LogP contribution < -0.4 is 15.3 Å². The lowest BCUT2D eigenvalue weighted by Crippen LogP contribution is -2.35. The van der Waals surface area contributed by atoms with Gasteiger partial charge in [0.25, 0.3) is 0 Å². The predicted octanol–water partition coefficient (Wildman–Crippen LogP) is 2.38. The Balaban J connectivity index is 1.57. The molecule has 2 aromatic carbocycles. The first-order valence-corrected chi connectivity index (χ1v) is 8.91. The molecule has 0 radical (unpaired) electrons. The molecule has 3 N–H and O–H groups in total. The number of para-hydroxylation sites is 1. The lowest BCUT2D eigenvalue weighted by atomic mass is 10.3. The van der Waals surface area contributed by atoms with Gasteiger partial charge in [0.05, 0.1) is 5.75 Å². The number of H-pyrrole nitrogens is 1. The van der Waals surface area contributed by atoms with Crippen molar-refractivity contribution in [2.75, 3.05) is 16.4 Å². The quantitative estimate of drug-likeness (QED) is 0.460. The van der Waals surface area contributed by atoms with Gasteiger partial charge in [-0.25, -0.2) is 0 Å². The minimum atomic E-state index is -0.135. The fraction of sp³-hybridized carbons (Fsp3) is 0.111. The number of benzene rings is 2. The summed E-state index contributed by atoms with van der Waals surface area (Å²) < 4.78 is 1.82. The van der Waals surface area contributed by atoms with Crippen LogP contribution in [0.4, 0.5) is 11.4 Å². The van der Waals surface area contributed by atoms with E-state index in [1.165, 1.54) is 18.7 Å². The van der Waals surface area contributed by atoms with Crippen LogP contribution in [0.15, 0.2) is 66.1 Å². The Labute approximate surface area is 154 Å². The third-order valence-corrected chi connectivity index (χ3v) is 4.34. The van der Waals surface area contributed by atoms with Crippen LogP contribution in [-0.4, -0.2) is 27.6 Å². The summed E-state index contributed by atoms with van der Waals surface area (Å²) in [5, 5.41) is 9.24. The lowest BCUT2D eigenvalue weighted by Gasteiger charge is -2.06. The van der Waals surface area contributed by atoms with Crippen LogP contribution in [0.25, 0.3) is 5.69 Å². The second-order valence-corrected chi connectivity index (χ2v) is 6.38. The topological polar surface area (TPSA) is 90.8 Å².